The van der Waals surface area contributed by atoms with E-state index in [0.717, 1.165) is 5.56 Å². The van der Waals surface area contributed by atoms with Crippen LogP contribution in [0, 0.1) is 6.92 Å². The number of aryl methyl sites for hydroxylation is 1. The Kier molecular flexibility index (Phi) is 4.36. The Morgan fingerprint density at radius 3 is 2.14 bits per heavy atom. The summed E-state index contributed by atoms with van der Waals surface area (Å²) < 4.78 is 29.5. The van der Waals surface area contributed by atoms with E-state index in [0.29, 0.717) is 5.56 Å². The monoisotopic (exact) mass is 289 g/mol. The third kappa shape index (κ3) is 3.45. The first-order chi connectivity index (χ1) is 9.91. The van der Waals surface area contributed by atoms with E-state index in [9.17, 15) is 13.6 Å². The molecule has 1 unspecified atom stereocenters. The minimum atomic E-state index is -3.19. The molecule has 0 aliphatic carbocycles. The van der Waals surface area contributed by atoms with Crippen LogP contribution < -0.4 is 5.32 Å². The average Bonchev–Trinajstić information content (AvgIpc) is 2.46. The fourth-order valence-corrected chi connectivity index (χ4v) is 2.17. The summed E-state index contributed by atoms with van der Waals surface area (Å²) in [5.41, 5.74) is 1.23. The van der Waals surface area contributed by atoms with Crippen molar-refractivity contribution in [2.24, 2.45) is 0 Å². The third-order valence-corrected chi connectivity index (χ3v) is 3.28. The Morgan fingerprint density at radius 2 is 1.62 bits per heavy atom. The second-order valence-corrected chi connectivity index (χ2v) is 5.03. The predicted molar refractivity (Wildman–Crippen MR) is 78.1 cm³/mol. The highest BCUT2D eigenvalue weighted by molar-refractivity contribution is 5.73. The second kappa shape index (κ2) is 6.04. The van der Waals surface area contributed by atoms with E-state index >= 15 is 0 Å². The van der Waals surface area contributed by atoms with Gasteiger partial charge in [0.1, 0.15) is 6.04 Å². The fourth-order valence-electron chi connectivity index (χ4n) is 2.17. The highest BCUT2D eigenvalue weighted by Crippen LogP contribution is 2.40. The van der Waals surface area contributed by atoms with Crippen LogP contribution in [-0.4, -0.2) is 5.91 Å². The molecule has 2 aromatic rings. The molecule has 4 heteroatoms. The van der Waals surface area contributed by atoms with Crippen molar-refractivity contribution >= 4 is 5.91 Å². The normalized spacial score (nSPS) is 12.8. The van der Waals surface area contributed by atoms with Crippen LogP contribution in [0.15, 0.2) is 54.6 Å². The van der Waals surface area contributed by atoms with Crippen molar-refractivity contribution in [1.82, 2.24) is 5.32 Å². The largest absolute Gasteiger partial charge is 0.343 e. The summed E-state index contributed by atoms with van der Waals surface area (Å²) in [4.78, 5) is 11.3. The Bertz CT molecular complexity index is 608. The molecule has 1 amide bonds. The molecule has 0 fully saturated rings. The summed E-state index contributed by atoms with van der Waals surface area (Å²) in [5, 5.41) is 2.37. The van der Waals surface area contributed by atoms with Crippen LogP contribution in [0.25, 0.3) is 0 Å². The highest BCUT2D eigenvalue weighted by Gasteiger charge is 2.42. The van der Waals surface area contributed by atoms with Crippen molar-refractivity contribution in [3.8, 4) is 0 Å². The van der Waals surface area contributed by atoms with Crippen LogP contribution in [0.5, 0.6) is 0 Å². The molecule has 0 heterocycles. The zero-order chi connectivity index (χ0) is 15.5. The van der Waals surface area contributed by atoms with Crippen molar-refractivity contribution in [1.29, 1.82) is 0 Å². The fraction of sp³-hybridized carbons (Fsp3) is 0.235. The zero-order valence-electron chi connectivity index (χ0n) is 11.9. The Balaban J connectivity index is 2.44. The van der Waals surface area contributed by atoms with Crippen LogP contribution in [0.3, 0.4) is 0 Å². The van der Waals surface area contributed by atoms with Gasteiger partial charge in [0, 0.05) is 12.5 Å². The first-order valence-electron chi connectivity index (χ1n) is 6.68. The average molecular weight is 289 g/mol. The molecule has 0 bridgehead atoms. The number of alkyl halides is 2. The molecule has 2 rings (SSSR count). The molecular weight excluding hydrogens is 272 g/mol. The van der Waals surface area contributed by atoms with Crippen LogP contribution in [-0.2, 0) is 10.7 Å². The van der Waals surface area contributed by atoms with Crippen molar-refractivity contribution < 1.29 is 13.6 Å². The number of nitrogens with one attached hydrogen (secondary N) is 1. The number of amides is 1. The van der Waals surface area contributed by atoms with E-state index in [4.69, 9.17) is 0 Å². The van der Waals surface area contributed by atoms with Crippen molar-refractivity contribution in [3.05, 3.63) is 71.3 Å². The Morgan fingerprint density at radius 1 is 1.05 bits per heavy atom. The smallest absolute Gasteiger partial charge is 0.297 e. The highest BCUT2D eigenvalue weighted by atomic mass is 19.3. The lowest BCUT2D eigenvalue weighted by atomic mass is 9.94. The van der Waals surface area contributed by atoms with Gasteiger partial charge in [-0.25, -0.2) is 0 Å². The quantitative estimate of drug-likeness (QED) is 0.906. The number of halogens is 2. The van der Waals surface area contributed by atoms with Gasteiger partial charge in [-0.05, 0) is 12.5 Å². The number of benzene rings is 2. The molecule has 21 heavy (non-hydrogen) atoms. The van der Waals surface area contributed by atoms with Crippen molar-refractivity contribution in [2.45, 2.75) is 25.8 Å². The molecule has 1 N–H and O–H groups in total. The molecule has 0 spiro atoms. The Hall–Kier alpha value is -2.23. The van der Waals surface area contributed by atoms with Gasteiger partial charge in [0.15, 0.2) is 0 Å². The van der Waals surface area contributed by atoms with Gasteiger partial charge in [0.25, 0.3) is 5.92 Å². The molecule has 0 aliphatic heterocycles. The van der Waals surface area contributed by atoms with Crippen LogP contribution in [0.1, 0.15) is 29.7 Å². The minimum absolute atomic E-state index is 0.121. The summed E-state index contributed by atoms with van der Waals surface area (Å²) in [5.74, 6) is -3.68. The van der Waals surface area contributed by atoms with Crippen molar-refractivity contribution in [3.63, 3.8) is 0 Å². The first-order valence-corrected chi connectivity index (χ1v) is 6.68. The lowest BCUT2D eigenvalue weighted by Gasteiger charge is -2.28. The van der Waals surface area contributed by atoms with Gasteiger partial charge in [0.2, 0.25) is 5.91 Å². The molecule has 0 radical (unpaired) electrons. The minimum Gasteiger partial charge on any atom is -0.343 e. The van der Waals surface area contributed by atoms with Crippen LogP contribution in [0.2, 0.25) is 0 Å². The maximum atomic E-state index is 14.8. The molecule has 110 valence electrons. The lowest BCUT2D eigenvalue weighted by molar-refractivity contribution is -0.124. The van der Waals surface area contributed by atoms with Crippen LogP contribution in [0.4, 0.5) is 8.78 Å². The second-order valence-electron chi connectivity index (χ2n) is 5.03. The summed E-state index contributed by atoms with van der Waals surface area (Å²) in [6.45, 7) is 3.12. The van der Waals surface area contributed by atoms with Gasteiger partial charge in [-0.15, -0.1) is 0 Å². The molecule has 0 aliphatic rings. The molecule has 1 atom stereocenters. The van der Waals surface area contributed by atoms with E-state index in [2.05, 4.69) is 5.32 Å². The van der Waals surface area contributed by atoms with Gasteiger partial charge >= 0.3 is 0 Å². The van der Waals surface area contributed by atoms with Gasteiger partial charge < -0.3 is 5.32 Å². The van der Waals surface area contributed by atoms with Gasteiger partial charge in [-0.3, -0.25) is 4.79 Å². The van der Waals surface area contributed by atoms with Crippen molar-refractivity contribution in [2.75, 3.05) is 0 Å². The summed E-state index contributed by atoms with van der Waals surface area (Å²) in [6, 6.07) is 12.9. The molecule has 0 saturated carbocycles. The molecule has 0 saturated heterocycles. The number of rotatable bonds is 4. The Labute approximate surface area is 122 Å². The van der Waals surface area contributed by atoms with E-state index in [1.165, 1.54) is 19.1 Å². The lowest BCUT2D eigenvalue weighted by Crippen LogP contribution is -2.38. The molecular formula is C17H17F2NO. The number of hydrogen-bond donors (Lipinski definition) is 1. The molecule has 2 aromatic carbocycles. The van der Waals surface area contributed by atoms with Gasteiger partial charge in [-0.2, -0.15) is 8.78 Å². The van der Waals surface area contributed by atoms with Crippen LogP contribution >= 0.6 is 0 Å². The predicted octanol–water partition coefficient (Wildman–Crippen LogP) is 3.96. The summed E-state index contributed by atoms with van der Waals surface area (Å²) in [7, 11) is 0. The number of carbonyl (C=O) groups is 1. The van der Waals surface area contributed by atoms with Gasteiger partial charge in [-0.1, -0.05) is 60.2 Å². The standard InChI is InChI=1S/C17H17F2NO/c1-12-8-10-14(11-9-12)16(20-13(2)21)17(18,19)15-6-4-3-5-7-15/h3-11,16H,1-2H3,(H,20,21). The van der Waals surface area contributed by atoms with Gasteiger partial charge in [0.05, 0.1) is 0 Å². The van der Waals surface area contributed by atoms with E-state index < -0.39 is 17.9 Å². The first kappa shape index (κ1) is 15.2. The summed E-state index contributed by atoms with van der Waals surface area (Å²) in [6.07, 6.45) is 0. The zero-order valence-corrected chi connectivity index (χ0v) is 11.9. The van der Waals surface area contributed by atoms with E-state index in [-0.39, 0.29) is 5.56 Å². The maximum Gasteiger partial charge on any atom is 0.297 e. The third-order valence-electron chi connectivity index (χ3n) is 3.28. The van der Waals surface area contributed by atoms with E-state index in [1.807, 2.05) is 6.92 Å². The van der Waals surface area contributed by atoms with E-state index in [1.54, 1.807) is 42.5 Å². The molecule has 0 aromatic heterocycles. The number of hydrogen-bond acceptors (Lipinski definition) is 1. The topological polar surface area (TPSA) is 29.1 Å². The summed E-state index contributed by atoms with van der Waals surface area (Å²) >= 11 is 0. The number of carbonyl (C=O) groups excluding carboxylic acids is 1. The molecule has 2 nitrogen and oxygen atoms in total. The maximum absolute atomic E-state index is 14.8. The SMILES string of the molecule is CC(=O)NC(c1ccc(C)cc1)C(F)(F)c1ccccc1.